The van der Waals surface area contributed by atoms with Crippen LogP contribution in [0.1, 0.15) is 17.6 Å². The molecule has 1 saturated heterocycles. The van der Waals surface area contributed by atoms with E-state index in [1.54, 1.807) is 4.68 Å². The smallest absolute Gasteiger partial charge is 0.127 e. The molecule has 0 radical (unpaired) electrons. The molecule has 138 valence electrons. The van der Waals surface area contributed by atoms with Crippen LogP contribution in [0.3, 0.4) is 0 Å². The molecule has 7 nitrogen and oxygen atoms in total. The first-order valence-corrected chi connectivity index (χ1v) is 8.67. The molecule has 2 aromatic heterocycles. The summed E-state index contributed by atoms with van der Waals surface area (Å²) < 4.78 is 3.86. The first-order chi connectivity index (χ1) is 12.2. The molecule has 1 aliphatic rings. The van der Waals surface area contributed by atoms with Gasteiger partial charge in [0.2, 0.25) is 0 Å². The Kier molecular flexibility index (Phi) is 5.93. The van der Waals surface area contributed by atoms with Crippen molar-refractivity contribution < 1.29 is 0 Å². The fraction of sp³-hybridized carbons (Fsp3) is 0.353. The van der Waals surface area contributed by atoms with Gasteiger partial charge in [-0.1, -0.05) is 16.8 Å². The van der Waals surface area contributed by atoms with Crippen molar-refractivity contribution in [3.63, 3.8) is 0 Å². The van der Waals surface area contributed by atoms with E-state index in [0.717, 1.165) is 43.4 Å². The largest absolute Gasteiger partial charge is 0.337 e. The number of aromatic nitrogens is 5. The molecule has 3 heterocycles. The van der Waals surface area contributed by atoms with E-state index in [1.807, 2.05) is 49.9 Å². The molecule has 4 rings (SSSR count). The minimum atomic E-state index is 0. The Morgan fingerprint density at radius 3 is 2.81 bits per heavy atom. The number of halogens is 2. The van der Waals surface area contributed by atoms with Crippen LogP contribution in [0.15, 0.2) is 42.9 Å². The number of hydrogen-bond acceptors (Lipinski definition) is 5. The zero-order valence-corrected chi connectivity index (χ0v) is 16.0. The van der Waals surface area contributed by atoms with Gasteiger partial charge in [0, 0.05) is 50.6 Å². The highest BCUT2D eigenvalue weighted by Gasteiger charge is 2.27. The zero-order chi connectivity index (χ0) is 17.2. The van der Waals surface area contributed by atoms with Gasteiger partial charge in [-0.15, -0.1) is 17.5 Å². The Morgan fingerprint density at radius 1 is 1.27 bits per heavy atom. The molecule has 1 unspecified atom stereocenters. The lowest BCUT2D eigenvalue weighted by Gasteiger charge is -2.35. The summed E-state index contributed by atoms with van der Waals surface area (Å²) in [6, 6.07) is 7.80. The Balaban J connectivity index is 0.00000196. The van der Waals surface area contributed by atoms with Crippen LogP contribution in [-0.4, -0.2) is 49.1 Å². The van der Waals surface area contributed by atoms with Gasteiger partial charge in [-0.3, -0.25) is 4.90 Å². The van der Waals surface area contributed by atoms with Crippen molar-refractivity contribution in [1.29, 1.82) is 0 Å². The van der Waals surface area contributed by atoms with Crippen molar-refractivity contribution in [1.82, 2.24) is 34.8 Å². The quantitative estimate of drug-likeness (QED) is 0.735. The summed E-state index contributed by atoms with van der Waals surface area (Å²) in [6.45, 7) is 3.54. The minimum absolute atomic E-state index is 0. The van der Waals surface area contributed by atoms with Gasteiger partial charge in [0.05, 0.1) is 23.6 Å². The van der Waals surface area contributed by atoms with Crippen molar-refractivity contribution in [2.75, 3.05) is 19.6 Å². The average molecular weight is 394 g/mol. The first-order valence-electron chi connectivity index (χ1n) is 8.30. The van der Waals surface area contributed by atoms with Crippen LogP contribution >= 0.6 is 24.0 Å². The fourth-order valence-electron chi connectivity index (χ4n) is 3.19. The normalized spacial score (nSPS) is 17.8. The Bertz CT molecular complexity index is 843. The summed E-state index contributed by atoms with van der Waals surface area (Å²) in [5, 5.41) is 12.8. The van der Waals surface area contributed by atoms with Gasteiger partial charge in [-0.05, 0) is 24.3 Å². The van der Waals surface area contributed by atoms with Crippen molar-refractivity contribution in [3.05, 3.63) is 59.4 Å². The maximum absolute atomic E-state index is 5.95. The van der Waals surface area contributed by atoms with E-state index in [4.69, 9.17) is 11.6 Å². The lowest BCUT2D eigenvalue weighted by Crippen LogP contribution is -2.46. The zero-order valence-electron chi connectivity index (χ0n) is 14.4. The van der Waals surface area contributed by atoms with E-state index >= 15 is 0 Å². The fourth-order valence-corrected chi connectivity index (χ4v) is 3.31. The van der Waals surface area contributed by atoms with E-state index in [1.165, 1.54) is 0 Å². The van der Waals surface area contributed by atoms with Gasteiger partial charge in [0.15, 0.2) is 0 Å². The summed E-state index contributed by atoms with van der Waals surface area (Å²) in [6.07, 6.45) is 5.80. The van der Waals surface area contributed by atoms with Gasteiger partial charge in [-0.2, -0.15) is 0 Å². The van der Waals surface area contributed by atoms with Crippen molar-refractivity contribution in [2.24, 2.45) is 7.05 Å². The molecule has 3 aromatic rings. The highest BCUT2D eigenvalue weighted by molar-refractivity contribution is 6.30. The lowest BCUT2D eigenvalue weighted by atomic mass is 10.1. The van der Waals surface area contributed by atoms with Crippen LogP contribution in [0.5, 0.6) is 0 Å². The highest BCUT2D eigenvalue weighted by Crippen LogP contribution is 2.22. The highest BCUT2D eigenvalue weighted by atomic mass is 35.5. The van der Waals surface area contributed by atoms with Gasteiger partial charge in [-0.25, -0.2) is 9.67 Å². The van der Waals surface area contributed by atoms with Crippen molar-refractivity contribution in [2.45, 2.75) is 12.6 Å². The van der Waals surface area contributed by atoms with Crippen LogP contribution in [-0.2, 0) is 13.6 Å². The van der Waals surface area contributed by atoms with Crippen LogP contribution in [0.25, 0.3) is 5.69 Å². The van der Waals surface area contributed by atoms with Gasteiger partial charge in [0.1, 0.15) is 5.82 Å². The summed E-state index contributed by atoms with van der Waals surface area (Å²) >= 11 is 5.95. The van der Waals surface area contributed by atoms with Gasteiger partial charge in [0.25, 0.3) is 0 Å². The molecule has 1 fully saturated rings. The molecule has 0 amide bonds. The predicted molar refractivity (Wildman–Crippen MR) is 103 cm³/mol. The number of aryl methyl sites for hydroxylation is 1. The second-order valence-corrected chi connectivity index (χ2v) is 6.65. The number of hydrogen-bond donors (Lipinski definition) is 1. The first kappa shape index (κ1) is 18.8. The van der Waals surface area contributed by atoms with Crippen molar-refractivity contribution >= 4 is 24.0 Å². The third-order valence-electron chi connectivity index (χ3n) is 4.51. The van der Waals surface area contributed by atoms with E-state index in [2.05, 4.69) is 30.1 Å². The molecule has 0 aliphatic carbocycles. The number of benzene rings is 1. The average Bonchev–Trinajstić information content (AvgIpc) is 3.25. The van der Waals surface area contributed by atoms with Gasteiger partial charge >= 0.3 is 0 Å². The standard InChI is InChI=1S/C17H20ClN7.ClH/c1-23-8-7-20-17(23)16-10-19-6-9-24(16)11-14-12-25(22-21-14)15-4-2-13(18)3-5-15;/h2-5,7-8,12,16,19H,6,9-11H2,1H3;1H. The Hall–Kier alpha value is -1.93. The number of rotatable bonds is 4. The third kappa shape index (κ3) is 3.91. The molecule has 1 aliphatic heterocycles. The molecular formula is C17H21Cl2N7. The van der Waals surface area contributed by atoms with Crippen LogP contribution in [0, 0.1) is 0 Å². The van der Waals surface area contributed by atoms with Gasteiger partial charge < -0.3 is 9.88 Å². The summed E-state index contributed by atoms with van der Waals surface area (Å²) in [7, 11) is 2.03. The number of nitrogens with one attached hydrogen (secondary N) is 1. The molecule has 1 aromatic carbocycles. The minimum Gasteiger partial charge on any atom is -0.337 e. The maximum Gasteiger partial charge on any atom is 0.127 e. The topological polar surface area (TPSA) is 63.8 Å². The SMILES string of the molecule is Cl.Cn1ccnc1C1CNCCN1Cc1cn(-c2ccc(Cl)cc2)nn1. The van der Waals surface area contributed by atoms with Crippen molar-refractivity contribution in [3.8, 4) is 5.69 Å². The Labute approximate surface area is 163 Å². The monoisotopic (exact) mass is 393 g/mol. The second kappa shape index (κ2) is 8.18. The number of piperazine rings is 1. The molecular weight excluding hydrogens is 373 g/mol. The maximum atomic E-state index is 5.95. The molecule has 26 heavy (non-hydrogen) atoms. The molecule has 0 spiro atoms. The van der Waals surface area contributed by atoms with E-state index in [0.29, 0.717) is 5.02 Å². The molecule has 1 atom stereocenters. The van der Waals surface area contributed by atoms with E-state index in [9.17, 15) is 0 Å². The lowest BCUT2D eigenvalue weighted by molar-refractivity contribution is 0.143. The Morgan fingerprint density at radius 2 is 2.08 bits per heavy atom. The predicted octanol–water partition coefficient (Wildman–Crippen LogP) is 2.22. The molecule has 0 bridgehead atoms. The molecule has 1 N–H and O–H groups in total. The van der Waals surface area contributed by atoms with Crippen LogP contribution in [0.2, 0.25) is 5.02 Å². The van der Waals surface area contributed by atoms with Crippen LogP contribution < -0.4 is 5.32 Å². The van der Waals surface area contributed by atoms with E-state index in [-0.39, 0.29) is 18.4 Å². The number of imidazole rings is 1. The van der Waals surface area contributed by atoms with E-state index < -0.39 is 0 Å². The summed E-state index contributed by atoms with van der Waals surface area (Å²) in [5.41, 5.74) is 1.89. The summed E-state index contributed by atoms with van der Waals surface area (Å²) in [5.74, 6) is 1.07. The molecule has 9 heteroatoms. The number of nitrogens with zero attached hydrogens (tertiary/aromatic N) is 6. The summed E-state index contributed by atoms with van der Waals surface area (Å²) in [4.78, 5) is 6.92. The second-order valence-electron chi connectivity index (χ2n) is 6.22. The molecule has 0 saturated carbocycles. The van der Waals surface area contributed by atoms with Crippen LogP contribution in [0.4, 0.5) is 0 Å². The third-order valence-corrected chi connectivity index (χ3v) is 4.76.